The van der Waals surface area contributed by atoms with Gasteiger partial charge >= 0.3 is 24.8 Å². The second-order valence-corrected chi connectivity index (χ2v) is 9.26. The average molecular weight is 479 g/mol. The van der Waals surface area contributed by atoms with Gasteiger partial charge in [-0.15, -0.1) is 11.3 Å². The standard InChI is InChI=1S/C24H26N2O4S2.Li.H/c1-16-5-3-4-6-19(16)21-11-17(13-30-14-18-12-25-15-32-18)7-8-20(21)23(27)26-22(24(28)29)9-10-31-2;;/h3-8,11-12,15,22H,9-10,13-14H2,1-2H3,(H,26,27)(H,28,29);;. The number of carbonyl (C=O) groups excluding carboxylic acids is 1. The molecule has 0 radical (unpaired) electrons. The Hall–Kier alpha value is -2.08. The summed E-state index contributed by atoms with van der Waals surface area (Å²) < 4.78 is 5.82. The molecule has 3 aromatic rings. The topological polar surface area (TPSA) is 88.5 Å². The number of aromatic nitrogens is 1. The van der Waals surface area contributed by atoms with E-state index >= 15 is 0 Å². The SMILES string of the molecule is CSCCC(NC(=O)c1ccc(COCc2cncs2)cc1-c1ccccc1C)C(=O)O.[LiH]. The third-order valence-electron chi connectivity index (χ3n) is 4.97. The van der Waals surface area contributed by atoms with E-state index in [1.807, 2.05) is 49.6 Å². The number of aliphatic carboxylic acids is 1. The maximum atomic E-state index is 13.1. The van der Waals surface area contributed by atoms with Crippen molar-refractivity contribution < 1.29 is 19.4 Å². The summed E-state index contributed by atoms with van der Waals surface area (Å²) in [7, 11) is 0. The van der Waals surface area contributed by atoms with Crippen molar-refractivity contribution >= 4 is 53.8 Å². The van der Waals surface area contributed by atoms with Gasteiger partial charge in [0.05, 0.1) is 23.6 Å². The summed E-state index contributed by atoms with van der Waals surface area (Å²) in [4.78, 5) is 29.8. The molecule has 1 atom stereocenters. The summed E-state index contributed by atoms with van der Waals surface area (Å²) in [6.07, 6.45) is 4.06. The quantitative estimate of drug-likeness (QED) is 0.403. The van der Waals surface area contributed by atoms with Crippen LogP contribution in [0.4, 0.5) is 0 Å². The van der Waals surface area contributed by atoms with E-state index in [4.69, 9.17) is 4.74 Å². The summed E-state index contributed by atoms with van der Waals surface area (Å²) in [6.45, 7) is 2.86. The fourth-order valence-corrected chi connectivity index (χ4v) is 4.29. The van der Waals surface area contributed by atoms with Gasteiger partial charge in [-0.1, -0.05) is 30.3 Å². The number of carboxylic acid groups (broad SMARTS) is 1. The van der Waals surface area contributed by atoms with Gasteiger partial charge < -0.3 is 15.2 Å². The molecule has 0 aliphatic rings. The molecule has 9 heteroatoms. The molecular weight excluding hydrogens is 451 g/mol. The third kappa shape index (κ3) is 7.73. The fourth-order valence-electron chi connectivity index (χ4n) is 3.29. The van der Waals surface area contributed by atoms with Gasteiger partial charge in [-0.25, -0.2) is 4.79 Å². The van der Waals surface area contributed by atoms with Crippen LogP contribution in [-0.2, 0) is 22.7 Å². The Morgan fingerprint density at radius 1 is 1.18 bits per heavy atom. The van der Waals surface area contributed by atoms with Gasteiger partial charge in [-0.3, -0.25) is 9.78 Å². The fraction of sp³-hybridized carbons (Fsp3) is 0.292. The van der Waals surface area contributed by atoms with E-state index < -0.39 is 17.9 Å². The Balaban J connectivity index is 0.00000385. The van der Waals surface area contributed by atoms with Gasteiger partial charge in [0, 0.05) is 11.8 Å². The van der Waals surface area contributed by atoms with E-state index in [9.17, 15) is 14.7 Å². The van der Waals surface area contributed by atoms with E-state index in [0.29, 0.717) is 31.0 Å². The molecule has 0 bridgehead atoms. The molecule has 2 N–H and O–H groups in total. The van der Waals surface area contributed by atoms with E-state index in [0.717, 1.165) is 27.1 Å². The van der Waals surface area contributed by atoms with Crippen LogP contribution in [0.2, 0.25) is 0 Å². The molecule has 6 nitrogen and oxygen atoms in total. The Kier molecular flexibility index (Phi) is 11.2. The third-order valence-corrected chi connectivity index (χ3v) is 6.37. The monoisotopic (exact) mass is 478 g/mol. The van der Waals surface area contributed by atoms with Crippen molar-refractivity contribution in [2.24, 2.45) is 0 Å². The number of aryl methyl sites for hydroxylation is 1. The van der Waals surface area contributed by atoms with Gasteiger partial charge in [0.15, 0.2) is 0 Å². The molecule has 33 heavy (non-hydrogen) atoms. The van der Waals surface area contributed by atoms with Gasteiger partial charge in [0.1, 0.15) is 6.04 Å². The van der Waals surface area contributed by atoms with Crippen LogP contribution in [0.5, 0.6) is 0 Å². The second-order valence-electron chi connectivity index (χ2n) is 7.30. The molecule has 0 saturated carbocycles. The number of benzene rings is 2. The molecule has 0 fully saturated rings. The Morgan fingerprint density at radius 2 is 1.97 bits per heavy atom. The van der Waals surface area contributed by atoms with Crippen molar-refractivity contribution in [1.29, 1.82) is 0 Å². The zero-order chi connectivity index (χ0) is 22.9. The molecule has 170 valence electrons. The van der Waals surface area contributed by atoms with Crippen LogP contribution in [0, 0.1) is 6.92 Å². The number of nitrogens with one attached hydrogen (secondary N) is 1. The first kappa shape index (κ1) is 27.2. The number of carboxylic acids is 1. The van der Waals surface area contributed by atoms with Crippen LogP contribution < -0.4 is 5.32 Å². The Bertz CT molecular complexity index is 1060. The number of rotatable bonds is 11. The van der Waals surface area contributed by atoms with Gasteiger partial charge in [0.2, 0.25) is 0 Å². The summed E-state index contributed by atoms with van der Waals surface area (Å²) in [5, 5.41) is 12.2. The average Bonchev–Trinajstić information content (AvgIpc) is 3.30. The number of nitrogens with zero attached hydrogens (tertiary/aromatic N) is 1. The van der Waals surface area contributed by atoms with Crippen LogP contribution in [0.15, 0.2) is 54.2 Å². The van der Waals surface area contributed by atoms with E-state index in [-0.39, 0.29) is 18.9 Å². The molecule has 2 aromatic carbocycles. The molecule has 1 heterocycles. The second kappa shape index (κ2) is 13.6. The van der Waals surface area contributed by atoms with Gasteiger partial charge in [0.25, 0.3) is 5.91 Å². The van der Waals surface area contributed by atoms with Crippen LogP contribution in [0.1, 0.15) is 32.8 Å². The van der Waals surface area contributed by atoms with Gasteiger partial charge in [-0.05, 0) is 59.7 Å². The maximum absolute atomic E-state index is 13.1. The summed E-state index contributed by atoms with van der Waals surface area (Å²) >= 11 is 3.09. The van der Waals surface area contributed by atoms with Crippen molar-refractivity contribution in [3.05, 3.63) is 75.7 Å². The van der Waals surface area contributed by atoms with Crippen LogP contribution >= 0.6 is 23.1 Å². The van der Waals surface area contributed by atoms with Crippen molar-refractivity contribution in [3.8, 4) is 11.1 Å². The van der Waals surface area contributed by atoms with Crippen molar-refractivity contribution in [2.75, 3.05) is 12.0 Å². The first-order valence-corrected chi connectivity index (χ1v) is 12.4. The van der Waals surface area contributed by atoms with Crippen molar-refractivity contribution in [2.45, 2.75) is 32.6 Å². The summed E-state index contributed by atoms with van der Waals surface area (Å²) in [5.74, 6) is -0.774. The molecule has 0 spiro atoms. The van der Waals surface area contributed by atoms with Crippen LogP contribution in [-0.4, -0.2) is 58.9 Å². The zero-order valence-electron chi connectivity index (χ0n) is 18.0. The number of hydrogen-bond acceptors (Lipinski definition) is 6. The van der Waals surface area contributed by atoms with Crippen molar-refractivity contribution in [1.82, 2.24) is 10.3 Å². The summed E-state index contributed by atoms with van der Waals surface area (Å²) in [6, 6.07) is 12.4. The number of hydrogen-bond donors (Lipinski definition) is 2. The van der Waals surface area contributed by atoms with E-state index in [2.05, 4.69) is 10.3 Å². The molecule has 3 rings (SSSR count). The Labute approximate surface area is 214 Å². The molecular formula is C24H27LiN2O4S2. The molecule has 0 saturated heterocycles. The van der Waals surface area contributed by atoms with E-state index in [1.165, 1.54) is 0 Å². The summed E-state index contributed by atoms with van der Waals surface area (Å²) in [5.41, 5.74) is 5.86. The minimum absolute atomic E-state index is 0. The zero-order valence-corrected chi connectivity index (χ0v) is 19.7. The molecule has 0 aliphatic heterocycles. The molecule has 1 amide bonds. The number of ether oxygens (including phenoxy) is 1. The number of thiazole rings is 1. The first-order valence-electron chi connectivity index (χ1n) is 10.2. The van der Waals surface area contributed by atoms with Crippen LogP contribution in [0.25, 0.3) is 11.1 Å². The predicted octanol–water partition coefficient (Wildman–Crippen LogP) is 4.12. The molecule has 1 aromatic heterocycles. The number of thioether (sulfide) groups is 1. The number of carbonyl (C=O) groups is 2. The Morgan fingerprint density at radius 3 is 2.64 bits per heavy atom. The molecule has 0 aliphatic carbocycles. The minimum atomic E-state index is -1.03. The van der Waals surface area contributed by atoms with Gasteiger partial charge in [-0.2, -0.15) is 11.8 Å². The molecule has 1 unspecified atom stereocenters. The predicted molar refractivity (Wildman–Crippen MR) is 136 cm³/mol. The number of amides is 1. The first-order chi connectivity index (χ1) is 15.5. The van der Waals surface area contributed by atoms with Crippen molar-refractivity contribution in [3.63, 3.8) is 0 Å². The normalized spacial score (nSPS) is 11.5. The van der Waals surface area contributed by atoms with E-state index in [1.54, 1.807) is 40.9 Å². The van der Waals surface area contributed by atoms with Crippen LogP contribution in [0.3, 0.4) is 0 Å².